The lowest BCUT2D eigenvalue weighted by Crippen LogP contribution is -2.01. The first-order valence-electron chi connectivity index (χ1n) is 8.68. The van der Waals surface area contributed by atoms with E-state index in [0.29, 0.717) is 41.8 Å². The highest BCUT2D eigenvalue weighted by atomic mass is 16.5. The Hall–Kier alpha value is -3.14. The molecule has 142 valence electrons. The molecule has 0 saturated heterocycles. The molecule has 0 unspecified atom stereocenters. The van der Waals surface area contributed by atoms with Crippen LogP contribution in [0.15, 0.2) is 68.3 Å². The van der Waals surface area contributed by atoms with Crippen LogP contribution in [-0.4, -0.2) is 20.8 Å². The van der Waals surface area contributed by atoms with Gasteiger partial charge in [-0.3, -0.25) is 0 Å². The van der Waals surface area contributed by atoms with E-state index in [-0.39, 0.29) is 0 Å². The average Bonchev–Trinajstić information content (AvgIpc) is 2.68. The first-order valence-corrected chi connectivity index (χ1v) is 8.68. The molecule has 0 saturated carbocycles. The van der Waals surface area contributed by atoms with Gasteiger partial charge in [-0.05, 0) is 48.2 Å². The van der Waals surface area contributed by atoms with Crippen LogP contribution >= 0.6 is 0 Å². The van der Waals surface area contributed by atoms with Gasteiger partial charge in [-0.25, -0.2) is 0 Å². The van der Waals surface area contributed by atoms with E-state index < -0.39 is 0 Å². The highest BCUT2D eigenvalue weighted by Gasteiger charge is 2.17. The molecule has 0 bridgehead atoms. The van der Waals surface area contributed by atoms with Crippen molar-refractivity contribution in [3.05, 3.63) is 79.4 Å². The summed E-state index contributed by atoms with van der Waals surface area (Å²) in [6, 6.07) is 9.62. The van der Waals surface area contributed by atoms with Gasteiger partial charge in [0.25, 0.3) is 0 Å². The van der Waals surface area contributed by atoms with Crippen LogP contribution in [0.5, 0.6) is 28.7 Å². The molecular weight excluding hydrogens is 340 g/mol. The van der Waals surface area contributed by atoms with E-state index in [2.05, 4.69) is 19.7 Å². The number of benzene rings is 2. The van der Waals surface area contributed by atoms with Crippen molar-refractivity contribution in [3.8, 4) is 28.7 Å². The lowest BCUT2D eigenvalue weighted by atomic mass is 10.1. The van der Waals surface area contributed by atoms with Gasteiger partial charge < -0.3 is 18.9 Å². The molecule has 4 nitrogen and oxygen atoms in total. The Labute approximate surface area is 161 Å². The Morgan fingerprint density at radius 3 is 2.00 bits per heavy atom. The maximum Gasteiger partial charge on any atom is 0.204 e. The van der Waals surface area contributed by atoms with Crippen LogP contribution in [0.4, 0.5) is 0 Å². The summed E-state index contributed by atoms with van der Waals surface area (Å²) in [7, 11) is 3.21. The van der Waals surface area contributed by atoms with Gasteiger partial charge in [-0.15, -0.1) is 13.2 Å². The highest BCUT2D eigenvalue weighted by Crippen LogP contribution is 2.43. The van der Waals surface area contributed by atoms with Crippen molar-refractivity contribution in [2.45, 2.75) is 12.8 Å². The molecular formula is C23H26O4. The molecule has 0 aliphatic carbocycles. The van der Waals surface area contributed by atoms with E-state index in [9.17, 15) is 0 Å². The molecule has 2 aromatic rings. The lowest BCUT2D eigenvalue weighted by Gasteiger charge is -2.18. The predicted octanol–water partition coefficient (Wildman–Crippen LogP) is 5.52. The number of allylic oxidation sites excluding steroid dienone is 2. The van der Waals surface area contributed by atoms with Gasteiger partial charge in [0.1, 0.15) is 6.61 Å². The summed E-state index contributed by atoms with van der Waals surface area (Å²) in [6.45, 7) is 11.6. The van der Waals surface area contributed by atoms with Gasteiger partial charge in [0.15, 0.2) is 23.0 Å². The monoisotopic (exact) mass is 366 g/mol. The van der Waals surface area contributed by atoms with Crippen molar-refractivity contribution in [2.24, 2.45) is 0 Å². The second-order valence-corrected chi connectivity index (χ2v) is 5.80. The fourth-order valence-corrected chi connectivity index (χ4v) is 2.64. The van der Waals surface area contributed by atoms with Crippen LogP contribution in [0.3, 0.4) is 0 Å². The van der Waals surface area contributed by atoms with E-state index in [1.807, 2.05) is 42.5 Å². The molecule has 27 heavy (non-hydrogen) atoms. The SMILES string of the molecule is C=CCOc1c(OC)cc(CC=C)cc1Oc1ccc(CC=C)cc1OC. The molecule has 0 N–H and O–H groups in total. The molecule has 2 aromatic carbocycles. The summed E-state index contributed by atoms with van der Waals surface area (Å²) < 4.78 is 23.0. The molecule has 0 amide bonds. The van der Waals surface area contributed by atoms with Gasteiger partial charge in [0.05, 0.1) is 14.2 Å². The fourth-order valence-electron chi connectivity index (χ4n) is 2.64. The number of hydrogen-bond donors (Lipinski definition) is 0. The minimum Gasteiger partial charge on any atom is -0.493 e. The quantitative estimate of drug-likeness (QED) is 0.491. The molecule has 0 spiro atoms. The maximum absolute atomic E-state index is 6.17. The summed E-state index contributed by atoms with van der Waals surface area (Å²) in [6.07, 6.45) is 6.79. The zero-order chi connectivity index (χ0) is 19.6. The van der Waals surface area contributed by atoms with Gasteiger partial charge in [-0.1, -0.05) is 30.9 Å². The Balaban J connectivity index is 2.48. The molecule has 0 radical (unpaired) electrons. The Bertz CT molecular complexity index is 808. The van der Waals surface area contributed by atoms with Crippen molar-refractivity contribution in [2.75, 3.05) is 20.8 Å². The number of hydrogen-bond acceptors (Lipinski definition) is 4. The van der Waals surface area contributed by atoms with E-state index in [1.54, 1.807) is 20.3 Å². The lowest BCUT2D eigenvalue weighted by molar-refractivity contribution is 0.306. The fraction of sp³-hybridized carbons (Fsp3) is 0.217. The largest absolute Gasteiger partial charge is 0.493 e. The summed E-state index contributed by atoms with van der Waals surface area (Å²) in [4.78, 5) is 0. The summed E-state index contributed by atoms with van der Waals surface area (Å²) >= 11 is 0. The van der Waals surface area contributed by atoms with Gasteiger partial charge in [0.2, 0.25) is 5.75 Å². The molecule has 0 fully saturated rings. The van der Waals surface area contributed by atoms with Crippen LogP contribution < -0.4 is 18.9 Å². The van der Waals surface area contributed by atoms with Crippen LogP contribution in [0, 0.1) is 0 Å². The number of methoxy groups -OCH3 is 2. The zero-order valence-corrected chi connectivity index (χ0v) is 16.0. The van der Waals surface area contributed by atoms with Gasteiger partial charge >= 0.3 is 0 Å². The third kappa shape index (κ3) is 5.17. The smallest absolute Gasteiger partial charge is 0.204 e. The summed E-state index contributed by atoms with van der Waals surface area (Å²) in [5, 5.41) is 0. The second kappa shape index (κ2) is 10.1. The van der Waals surface area contributed by atoms with Crippen molar-refractivity contribution >= 4 is 0 Å². The molecule has 0 aromatic heterocycles. The van der Waals surface area contributed by atoms with Crippen molar-refractivity contribution in [1.82, 2.24) is 0 Å². The first kappa shape index (κ1) is 20.2. The second-order valence-electron chi connectivity index (χ2n) is 5.80. The maximum atomic E-state index is 6.17. The topological polar surface area (TPSA) is 36.9 Å². The molecule has 0 heterocycles. The minimum atomic E-state index is 0.336. The van der Waals surface area contributed by atoms with Crippen LogP contribution in [-0.2, 0) is 12.8 Å². The summed E-state index contributed by atoms with van der Waals surface area (Å²) in [5.74, 6) is 2.88. The normalized spacial score (nSPS) is 10.0. The van der Waals surface area contributed by atoms with Crippen molar-refractivity contribution in [1.29, 1.82) is 0 Å². The minimum absolute atomic E-state index is 0.336. The standard InChI is InChI=1S/C23H26O4/c1-6-9-17-11-12-19(20(14-17)24-4)27-22-16-18(10-7-2)15-21(25-5)23(22)26-13-8-3/h6-8,11-12,14-16H,1-3,9-10,13H2,4-5H3. The van der Waals surface area contributed by atoms with E-state index >= 15 is 0 Å². The average molecular weight is 366 g/mol. The van der Waals surface area contributed by atoms with Crippen LogP contribution in [0.1, 0.15) is 11.1 Å². The van der Waals surface area contributed by atoms with E-state index in [1.165, 1.54) is 0 Å². The third-order valence-corrected chi connectivity index (χ3v) is 3.85. The van der Waals surface area contributed by atoms with Crippen LogP contribution in [0.25, 0.3) is 0 Å². The van der Waals surface area contributed by atoms with Crippen molar-refractivity contribution < 1.29 is 18.9 Å². The number of ether oxygens (including phenoxy) is 4. The Morgan fingerprint density at radius 2 is 1.37 bits per heavy atom. The van der Waals surface area contributed by atoms with Crippen molar-refractivity contribution in [3.63, 3.8) is 0 Å². The Morgan fingerprint density at radius 1 is 0.741 bits per heavy atom. The summed E-state index contributed by atoms with van der Waals surface area (Å²) in [5.41, 5.74) is 2.10. The van der Waals surface area contributed by atoms with E-state index in [0.717, 1.165) is 17.5 Å². The molecule has 0 atom stereocenters. The Kier molecular flexibility index (Phi) is 7.56. The number of rotatable bonds is 11. The predicted molar refractivity (Wildman–Crippen MR) is 110 cm³/mol. The third-order valence-electron chi connectivity index (χ3n) is 3.85. The van der Waals surface area contributed by atoms with Gasteiger partial charge in [-0.2, -0.15) is 0 Å². The van der Waals surface area contributed by atoms with E-state index in [4.69, 9.17) is 18.9 Å². The molecule has 2 rings (SSSR count). The van der Waals surface area contributed by atoms with Crippen LogP contribution in [0.2, 0.25) is 0 Å². The molecule has 0 aliphatic heterocycles. The molecule has 4 heteroatoms. The zero-order valence-electron chi connectivity index (χ0n) is 16.0. The highest BCUT2D eigenvalue weighted by molar-refractivity contribution is 5.57. The molecule has 0 aliphatic rings. The first-order chi connectivity index (χ1) is 13.2. The van der Waals surface area contributed by atoms with Gasteiger partial charge in [0, 0.05) is 0 Å².